The number of anilines is 1. The minimum atomic E-state index is -1.95. The summed E-state index contributed by atoms with van der Waals surface area (Å²) in [7, 11) is 2.92. The zero-order valence-electron chi connectivity index (χ0n) is 20.0. The Labute approximate surface area is 200 Å². The first-order chi connectivity index (χ1) is 16.5. The molecule has 34 heavy (non-hydrogen) atoms. The van der Waals surface area contributed by atoms with E-state index in [9.17, 15) is 9.79 Å². The van der Waals surface area contributed by atoms with Crippen molar-refractivity contribution in [3.05, 3.63) is 53.9 Å². The van der Waals surface area contributed by atoms with E-state index in [1.807, 2.05) is 50.2 Å². The normalized spacial score (nSPS) is 11.2. The molecule has 0 aliphatic heterocycles. The summed E-state index contributed by atoms with van der Waals surface area (Å²) in [6.45, 7) is 4.58. The third kappa shape index (κ3) is 5.44. The van der Waals surface area contributed by atoms with Crippen molar-refractivity contribution in [3.8, 4) is 11.5 Å². The standard InChI is InChI=1S/C22H24N5O4P.C2H6/c1-23-12-24-22-20-21(16-8-18(30-2)19(31-3)9-17(16)26-22)27(13-25-20)10-14-4-6-15(7-5-14)11-32(28)29;1-2/h4-9,12-13,28-29H,10-11H2,1-3H3,(H,23,24,26);1-2H3. The van der Waals surface area contributed by atoms with Gasteiger partial charge in [0.25, 0.3) is 0 Å². The number of benzene rings is 2. The summed E-state index contributed by atoms with van der Waals surface area (Å²) in [5.74, 6) is 1.80. The Morgan fingerprint density at radius 2 is 1.71 bits per heavy atom. The van der Waals surface area contributed by atoms with Gasteiger partial charge in [-0.15, -0.1) is 0 Å². The molecule has 4 rings (SSSR count). The van der Waals surface area contributed by atoms with Gasteiger partial charge in [-0.3, -0.25) is 4.99 Å². The zero-order chi connectivity index (χ0) is 24.7. The monoisotopic (exact) mass is 483 g/mol. The van der Waals surface area contributed by atoms with Crippen LogP contribution in [0.4, 0.5) is 5.82 Å². The molecule has 0 aliphatic rings. The SMILES string of the molecule is CC.CN=CNc1nc2cc(OC)c(OC)cc2c2c1ncn2Cc1ccc(CP(O)O)cc1. The van der Waals surface area contributed by atoms with Gasteiger partial charge in [-0.2, -0.15) is 0 Å². The summed E-state index contributed by atoms with van der Waals surface area (Å²) in [4.78, 5) is 31.8. The van der Waals surface area contributed by atoms with E-state index in [1.54, 1.807) is 33.9 Å². The molecule has 0 amide bonds. The lowest BCUT2D eigenvalue weighted by Gasteiger charge is -2.13. The van der Waals surface area contributed by atoms with Crippen molar-refractivity contribution in [2.75, 3.05) is 26.6 Å². The van der Waals surface area contributed by atoms with E-state index < -0.39 is 8.38 Å². The molecule has 0 atom stereocenters. The highest BCUT2D eigenvalue weighted by Gasteiger charge is 2.17. The Balaban J connectivity index is 0.00000158. The molecule has 3 N–H and O–H groups in total. The van der Waals surface area contributed by atoms with E-state index in [-0.39, 0.29) is 6.16 Å². The summed E-state index contributed by atoms with van der Waals surface area (Å²) in [5, 5.41) is 3.99. The highest BCUT2D eigenvalue weighted by Crippen LogP contribution is 2.37. The summed E-state index contributed by atoms with van der Waals surface area (Å²) >= 11 is 0. The minimum Gasteiger partial charge on any atom is -0.493 e. The summed E-state index contributed by atoms with van der Waals surface area (Å²) in [6.07, 6.45) is 3.62. The van der Waals surface area contributed by atoms with Crippen molar-refractivity contribution in [3.63, 3.8) is 0 Å². The Bertz CT molecular complexity index is 1270. The molecule has 0 radical (unpaired) electrons. The van der Waals surface area contributed by atoms with Gasteiger partial charge in [0, 0.05) is 31.2 Å². The van der Waals surface area contributed by atoms with Crippen LogP contribution >= 0.6 is 8.38 Å². The molecular formula is C24H30N5O4P. The molecule has 2 heterocycles. The van der Waals surface area contributed by atoms with Crippen molar-refractivity contribution in [1.82, 2.24) is 14.5 Å². The van der Waals surface area contributed by atoms with Crippen LogP contribution in [-0.2, 0) is 12.7 Å². The molecule has 180 valence electrons. The number of aromatic nitrogens is 3. The number of hydrogen-bond acceptors (Lipinski definition) is 7. The number of methoxy groups -OCH3 is 2. The lowest BCUT2D eigenvalue weighted by Crippen LogP contribution is -2.03. The van der Waals surface area contributed by atoms with Gasteiger partial charge in [0.1, 0.15) is 5.52 Å². The predicted molar refractivity (Wildman–Crippen MR) is 138 cm³/mol. The van der Waals surface area contributed by atoms with E-state index in [0.717, 1.165) is 27.5 Å². The quantitative estimate of drug-likeness (QED) is 0.191. The molecule has 0 fully saturated rings. The van der Waals surface area contributed by atoms with Crippen molar-refractivity contribution in [2.24, 2.45) is 4.99 Å². The smallest absolute Gasteiger partial charge is 0.169 e. The van der Waals surface area contributed by atoms with Crippen LogP contribution in [0.5, 0.6) is 11.5 Å². The lowest BCUT2D eigenvalue weighted by atomic mass is 10.1. The highest BCUT2D eigenvalue weighted by molar-refractivity contribution is 7.44. The van der Waals surface area contributed by atoms with Gasteiger partial charge in [0.05, 0.1) is 37.9 Å². The molecule has 0 saturated carbocycles. The molecule has 0 aliphatic carbocycles. The maximum absolute atomic E-state index is 9.24. The van der Waals surface area contributed by atoms with Crippen LogP contribution in [0.25, 0.3) is 21.9 Å². The molecule has 0 spiro atoms. The van der Waals surface area contributed by atoms with Gasteiger partial charge in [-0.05, 0) is 17.2 Å². The molecule has 0 saturated heterocycles. The van der Waals surface area contributed by atoms with Crippen LogP contribution in [0, 0.1) is 0 Å². The fourth-order valence-electron chi connectivity index (χ4n) is 3.62. The fourth-order valence-corrected chi connectivity index (χ4v) is 4.16. The van der Waals surface area contributed by atoms with Crippen LogP contribution in [-0.4, -0.2) is 51.9 Å². The third-order valence-corrected chi connectivity index (χ3v) is 5.73. The first-order valence-corrected chi connectivity index (χ1v) is 12.3. The maximum Gasteiger partial charge on any atom is 0.169 e. The second-order valence-corrected chi connectivity index (χ2v) is 8.19. The largest absolute Gasteiger partial charge is 0.493 e. The molecule has 10 heteroatoms. The number of fused-ring (bicyclic) bond motifs is 3. The van der Waals surface area contributed by atoms with Gasteiger partial charge in [-0.25, -0.2) is 9.97 Å². The van der Waals surface area contributed by atoms with Crippen molar-refractivity contribution < 1.29 is 19.3 Å². The maximum atomic E-state index is 9.24. The van der Waals surface area contributed by atoms with Crippen LogP contribution in [0.1, 0.15) is 25.0 Å². The van der Waals surface area contributed by atoms with Crippen molar-refractivity contribution in [1.29, 1.82) is 0 Å². The lowest BCUT2D eigenvalue weighted by molar-refractivity contribution is 0.356. The van der Waals surface area contributed by atoms with E-state index in [0.29, 0.717) is 29.4 Å². The minimum absolute atomic E-state index is 0.259. The van der Waals surface area contributed by atoms with Crippen LogP contribution in [0.2, 0.25) is 0 Å². The second kappa shape index (κ2) is 11.7. The fraction of sp³-hybridized carbons (Fsp3) is 0.292. The highest BCUT2D eigenvalue weighted by atomic mass is 31.2. The Hall–Kier alpha value is -3.26. The first kappa shape index (κ1) is 25.4. The van der Waals surface area contributed by atoms with Gasteiger partial charge in [-0.1, -0.05) is 38.1 Å². The number of nitrogens with zero attached hydrogens (tertiary/aromatic N) is 4. The molecule has 9 nitrogen and oxygen atoms in total. The van der Waals surface area contributed by atoms with Crippen molar-refractivity contribution >= 4 is 42.5 Å². The average molecular weight is 484 g/mol. The Morgan fingerprint density at radius 1 is 1.06 bits per heavy atom. The topological polar surface area (TPSA) is 114 Å². The molecule has 2 aromatic heterocycles. The number of hydrogen-bond donors (Lipinski definition) is 3. The second-order valence-electron chi connectivity index (χ2n) is 7.13. The first-order valence-electron chi connectivity index (χ1n) is 10.8. The number of imidazole rings is 1. The Morgan fingerprint density at radius 3 is 2.32 bits per heavy atom. The Kier molecular flexibility index (Phi) is 8.76. The van der Waals surface area contributed by atoms with Gasteiger partial charge in [0.15, 0.2) is 25.7 Å². The number of nitrogens with one attached hydrogen (secondary N) is 1. The van der Waals surface area contributed by atoms with Gasteiger partial charge < -0.3 is 29.1 Å². The van der Waals surface area contributed by atoms with Gasteiger partial charge in [0.2, 0.25) is 0 Å². The van der Waals surface area contributed by atoms with Crippen LogP contribution in [0.15, 0.2) is 47.7 Å². The predicted octanol–water partition coefficient (Wildman–Crippen LogP) is 4.54. The summed E-state index contributed by atoms with van der Waals surface area (Å²) in [5.41, 5.74) is 4.30. The van der Waals surface area contributed by atoms with E-state index in [2.05, 4.69) is 19.9 Å². The number of pyridine rings is 1. The summed E-state index contributed by atoms with van der Waals surface area (Å²) < 4.78 is 13.0. The molecular weight excluding hydrogens is 453 g/mol. The molecule has 0 bridgehead atoms. The van der Waals surface area contributed by atoms with E-state index >= 15 is 0 Å². The molecule has 4 aromatic rings. The average Bonchev–Trinajstić information content (AvgIpc) is 3.27. The zero-order valence-corrected chi connectivity index (χ0v) is 20.9. The number of rotatable bonds is 8. The third-order valence-electron chi connectivity index (χ3n) is 5.08. The molecule has 0 unspecified atom stereocenters. The molecule has 2 aromatic carbocycles. The van der Waals surface area contributed by atoms with E-state index in [1.165, 1.54) is 0 Å². The van der Waals surface area contributed by atoms with E-state index in [4.69, 9.17) is 14.5 Å². The van der Waals surface area contributed by atoms with Crippen LogP contribution in [0.3, 0.4) is 0 Å². The van der Waals surface area contributed by atoms with Crippen molar-refractivity contribution in [2.45, 2.75) is 26.6 Å². The van der Waals surface area contributed by atoms with Gasteiger partial charge >= 0.3 is 0 Å². The number of aliphatic imine (C=N–C) groups is 1. The number of ether oxygens (including phenoxy) is 2. The summed E-state index contributed by atoms with van der Waals surface area (Å²) in [6, 6.07) is 11.5. The van der Waals surface area contributed by atoms with Crippen LogP contribution < -0.4 is 14.8 Å².